The molecule has 0 fully saturated rings. The second kappa shape index (κ2) is 6.55. The first-order valence-corrected chi connectivity index (χ1v) is 6.35. The van der Waals surface area contributed by atoms with Crippen molar-refractivity contribution in [2.75, 3.05) is 6.61 Å². The van der Waals surface area contributed by atoms with E-state index in [9.17, 15) is 9.59 Å². The zero-order valence-corrected chi connectivity index (χ0v) is 11.5. The Kier molecular flexibility index (Phi) is 5.35. The van der Waals surface area contributed by atoms with E-state index in [2.05, 4.69) is 15.9 Å². The SMILES string of the molecule is CCOC(=O)Cc1ccc(C(=O)CC)cc1Br. The summed E-state index contributed by atoms with van der Waals surface area (Å²) in [5.74, 6) is -0.170. The lowest BCUT2D eigenvalue weighted by molar-refractivity contribution is -0.142. The highest BCUT2D eigenvalue weighted by Crippen LogP contribution is 2.20. The topological polar surface area (TPSA) is 43.4 Å². The Labute approximate surface area is 109 Å². The van der Waals surface area contributed by atoms with Crippen molar-refractivity contribution in [1.29, 1.82) is 0 Å². The van der Waals surface area contributed by atoms with Crippen LogP contribution in [0, 0.1) is 0 Å². The Morgan fingerprint density at radius 1 is 1.29 bits per heavy atom. The van der Waals surface area contributed by atoms with E-state index in [0.29, 0.717) is 18.6 Å². The van der Waals surface area contributed by atoms with Crippen LogP contribution in [-0.4, -0.2) is 18.4 Å². The third kappa shape index (κ3) is 3.97. The molecule has 0 aliphatic rings. The molecular weight excluding hydrogens is 284 g/mol. The summed E-state index contributed by atoms with van der Waals surface area (Å²) in [6.45, 7) is 3.97. The van der Waals surface area contributed by atoms with Gasteiger partial charge in [-0.15, -0.1) is 0 Å². The largest absolute Gasteiger partial charge is 0.466 e. The molecule has 0 aromatic heterocycles. The number of Topliss-reactive ketones (excluding diaryl/α,β-unsaturated/α-hetero) is 1. The molecule has 0 atom stereocenters. The van der Waals surface area contributed by atoms with Crippen LogP contribution >= 0.6 is 15.9 Å². The van der Waals surface area contributed by atoms with Crippen LogP contribution in [0.5, 0.6) is 0 Å². The van der Waals surface area contributed by atoms with Crippen LogP contribution in [0.1, 0.15) is 36.2 Å². The van der Waals surface area contributed by atoms with Gasteiger partial charge in [0.1, 0.15) is 0 Å². The van der Waals surface area contributed by atoms with E-state index < -0.39 is 0 Å². The summed E-state index contributed by atoms with van der Waals surface area (Å²) < 4.78 is 5.64. The number of benzene rings is 1. The van der Waals surface area contributed by atoms with Gasteiger partial charge in [-0.3, -0.25) is 9.59 Å². The molecule has 0 bridgehead atoms. The van der Waals surface area contributed by atoms with Crippen LogP contribution in [0.3, 0.4) is 0 Å². The monoisotopic (exact) mass is 298 g/mol. The maximum atomic E-state index is 11.5. The Balaban J connectivity index is 2.83. The van der Waals surface area contributed by atoms with Gasteiger partial charge in [-0.2, -0.15) is 0 Å². The summed E-state index contributed by atoms with van der Waals surface area (Å²) >= 11 is 3.36. The van der Waals surface area contributed by atoms with Gasteiger partial charge in [0.2, 0.25) is 0 Å². The summed E-state index contributed by atoms with van der Waals surface area (Å²) in [6, 6.07) is 5.27. The molecular formula is C13H15BrO3. The Bertz CT molecular complexity index is 427. The molecule has 0 saturated heterocycles. The van der Waals surface area contributed by atoms with Gasteiger partial charge in [0, 0.05) is 16.5 Å². The molecule has 1 rings (SSSR count). The summed E-state index contributed by atoms with van der Waals surface area (Å²) in [5, 5.41) is 0. The van der Waals surface area contributed by atoms with Gasteiger partial charge in [0.15, 0.2) is 5.78 Å². The minimum Gasteiger partial charge on any atom is -0.466 e. The fourth-order valence-electron chi connectivity index (χ4n) is 1.44. The average Bonchev–Trinajstić information content (AvgIpc) is 2.31. The van der Waals surface area contributed by atoms with E-state index in [0.717, 1.165) is 10.0 Å². The van der Waals surface area contributed by atoms with Crippen molar-refractivity contribution in [2.24, 2.45) is 0 Å². The first-order valence-electron chi connectivity index (χ1n) is 5.55. The first-order chi connectivity index (χ1) is 8.08. The number of hydrogen-bond acceptors (Lipinski definition) is 3. The van der Waals surface area contributed by atoms with Crippen molar-refractivity contribution in [1.82, 2.24) is 0 Å². The normalized spacial score (nSPS) is 10.1. The lowest BCUT2D eigenvalue weighted by Gasteiger charge is -2.06. The molecule has 0 amide bonds. The van der Waals surface area contributed by atoms with Gasteiger partial charge in [-0.05, 0) is 18.6 Å². The molecule has 0 radical (unpaired) electrons. The smallest absolute Gasteiger partial charge is 0.310 e. The van der Waals surface area contributed by atoms with Crippen LogP contribution in [0.4, 0.5) is 0 Å². The second-order valence-corrected chi connectivity index (χ2v) is 4.42. The van der Waals surface area contributed by atoms with E-state index in [1.807, 2.05) is 6.92 Å². The number of halogens is 1. The van der Waals surface area contributed by atoms with E-state index in [1.54, 1.807) is 25.1 Å². The van der Waals surface area contributed by atoms with Crippen molar-refractivity contribution in [2.45, 2.75) is 26.7 Å². The molecule has 0 saturated carbocycles. The zero-order chi connectivity index (χ0) is 12.8. The molecule has 17 heavy (non-hydrogen) atoms. The predicted molar refractivity (Wildman–Crippen MR) is 69.1 cm³/mol. The number of ether oxygens (including phenoxy) is 1. The van der Waals surface area contributed by atoms with Crippen molar-refractivity contribution in [3.63, 3.8) is 0 Å². The number of ketones is 1. The van der Waals surface area contributed by atoms with E-state index in [-0.39, 0.29) is 18.2 Å². The van der Waals surface area contributed by atoms with Gasteiger partial charge in [0.25, 0.3) is 0 Å². The molecule has 3 nitrogen and oxygen atoms in total. The molecule has 0 unspecified atom stereocenters. The third-order valence-corrected chi connectivity index (χ3v) is 3.07. The van der Waals surface area contributed by atoms with Crippen LogP contribution in [0.25, 0.3) is 0 Å². The quantitative estimate of drug-likeness (QED) is 0.619. The first kappa shape index (κ1) is 13.9. The molecule has 0 aliphatic heterocycles. The van der Waals surface area contributed by atoms with Gasteiger partial charge in [0.05, 0.1) is 13.0 Å². The van der Waals surface area contributed by atoms with E-state index >= 15 is 0 Å². The standard InChI is InChI=1S/C13H15BrO3/c1-3-12(15)10-6-5-9(11(14)7-10)8-13(16)17-4-2/h5-7H,3-4,8H2,1-2H3. The van der Waals surface area contributed by atoms with Crippen LogP contribution in [0.2, 0.25) is 0 Å². The summed E-state index contributed by atoms with van der Waals surface area (Å²) in [5.41, 5.74) is 1.49. The highest BCUT2D eigenvalue weighted by Gasteiger charge is 2.10. The summed E-state index contributed by atoms with van der Waals surface area (Å²) in [7, 11) is 0. The highest BCUT2D eigenvalue weighted by atomic mass is 79.9. The summed E-state index contributed by atoms with van der Waals surface area (Å²) in [4.78, 5) is 22.8. The number of carbonyl (C=O) groups excluding carboxylic acids is 2. The Morgan fingerprint density at radius 3 is 2.53 bits per heavy atom. The minimum absolute atomic E-state index is 0.0911. The fraction of sp³-hybridized carbons (Fsp3) is 0.385. The van der Waals surface area contributed by atoms with Crippen molar-refractivity contribution in [3.05, 3.63) is 33.8 Å². The Morgan fingerprint density at radius 2 is 2.00 bits per heavy atom. The molecule has 92 valence electrons. The van der Waals surface area contributed by atoms with Crippen molar-refractivity contribution in [3.8, 4) is 0 Å². The number of rotatable bonds is 5. The van der Waals surface area contributed by atoms with Gasteiger partial charge in [-0.25, -0.2) is 0 Å². The van der Waals surface area contributed by atoms with Crippen LogP contribution in [0.15, 0.2) is 22.7 Å². The van der Waals surface area contributed by atoms with Crippen LogP contribution < -0.4 is 0 Å². The Hall–Kier alpha value is -1.16. The lowest BCUT2D eigenvalue weighted by atomic mass is 10.1. The predicted octanol–water partition coefficient (Wildman–Crippen LogP) is 3.15. The molecule has 0 N–H and O–H groups in total. The average molecular weight is 299 g/mol. The van der Waals surface area contributed by atoms with Crippen LogP contribution in [-0.2, 0) is 16.0 Å². The van der Waals surface area contributed by atoms with E-state index in [4.69, 9.17) is 4.74 Å². The molecule has 0 heterocycles. The maximum absolute atomic E-state index is 11.5. The summed E-state index contributed by atoms with van der Waals surface area (Å²) in [6.07, 6.45) is 0.693. The lowest BCUT2D eigenvalue weighted by Crippen LogP contribution is -2.08. The van der Waals surface area contributed by atoms with Gasteiger partial charge < -0.3 is 4.74 Å². The number of esters is 1. The number of hydrogen-bond donors (Lipinski definition) is 0. The van der Waals surface area contributed by atoms with Crippen molar-refractivity contribution < 1.29 is 14.3 Å². The van der Waals surface area contributed by atoms with Crippen molar-refractivity contribution >= 4 is 27.7 Å². The molecule has 0 aliphatic carbocycles. The fourth-order valence-corrected chi connectivity index (χ4v) is 1.95. The second-order valence-electron chi connectivity index (χ2n) is 3.56. The van der Waals surface area contributed by atoms with E-state index in [1.165, 1.54) is 0 Å². The molecule has 1 aromatic rings. The highest BCUT2D eigenvalue weighted by molar-refractivity contribution is 9.10. The third-order valence-electron chi connectivity index (χ3n) is 2.34. The molecule has 0 spiro atoms. The molecule has 4 heteroatoms. The molecule has 1 aromatic carbocycles. The van der Waals surface area contributed by atoms with Gasteiger partial charge >= 0.3 is 5.97 Å². The number of carbonyl (C=O) groups is 2. The maximum Gasteiger partial charge on any atom is 0.310 e. The van der Waals surface area contributed by atoms with Gasteiger partial charge in [-0.1, -0.05) is 35.0 Å². The minimum atomic E-state index is -0.261. The zero-order valence-electron chi connectivity index (χ0n) is 9.96.